The van der Waals surface area contributed by atoms with E-state index in [1.807, 2.05) is 85.7 Å². The molecule has 168 valence electrons. The van der Waals surface area contributed by atoms with Gasteiger partial charge in [0.15, 0.2) is 11.1 Å². The van der Waals surface area contributed by atoms with Crippen LogP contribution in [0.2, 0.25) is 0 Å². The van der Waals surface area contributed by atoms with Gasteiger partial charge in [-0.15, -0.1) is 11.0 Å². The van der Waals surface area contributed by atoms with Gasteiger partial charge in [0, 0.05) is 24.3 Å². The van der Waals surface area contributed by atoms with E-state index in [9.17, 15) is 9.59 Å². The molecule has 0 radical (unpaired) electrons. The molecular weight excluding hydrogens is 428 g/mol. The molecule has 0 fully saturated rings. The topological polar surface area (TPSA) is 76.7 Å². The van der Waals surface area contributed by atoms with Crippen molar-refractivity contribution in [2.75, 3.05) is 0 Å². The molecule has 0 bridgehead atoms. The van der Waals surface area contributed by atoms with Gasteiger partial charge in [-0.25, -0.2) is 9.59 Å². The van der Waals surface area contributed by atoms with E-state index in [4.69, 9.17) is 9.68 Å². The first-order valence-electron chi connectivity index (χ1n) is 10.9. The largest absolute Gasteiger partial charge is 0.367 e. The van der Waals surface area contributed by atoms with Gasteiger partial charge in [-0.2, -0.15) is 0 Å². The number of benzene rings is 3. The number of carbonyl (C=O) groups is 2. The summed E-state index contributed by atoms with van der Waals surface area (Å²) < 4.78 is 0. The predicted molar refractivity (Wildman–Crippen MR) is 130 cm³/mol. The minimum Gasteiger partial charge on any atom is -0.367 e. The maximum absolute atomic E-state index is 11.8. The third kappa shape index (κ3) is 6.16. The molecule has 34 heavy (non-hydrogen) atoms. The number of carbonyl (C=O) groups excluding carboxylic acids is 2. The molecule has 3 aromatic rings. The minimum atomic E-state index is -0.577. The zero-order valence-corrected chi connectivity index (χ0v) is 18.4. The predicted octanol–water partition coefficient (Wildman–Crippen LogP) is 4.42. The maximum atomic E-state index is 11.8. The van der Waals surface area contributed by atoms with Crippen molar-refractivity contribution in [2.24, 2.45) is 0 Å². The van der Waals surface area contributed by atoms with E-state index in [-0.39, 0.29) is 0 Å². The lowest BCUT2D eigenvalue weighted by Crippen LogP contribution is -2.19. The molecule has 1 aliphatic carbocycles. The van der Waals surface area contributed by atoms with E-state index in [1.165, 1.54) is 24.3 Å². The van der Waals surface area contributed by atoms with Crippen LogP contribution in [0.4, 0.5) is 0 Å². The van der Waals surface area contributed by atoms with Crippen molar-refractivity contribution in [3.8, 4) is 0 Å². The number of rotatable bonds is 9. The average molecular weight is 453 g/mol. The van der Waals surface area contributed by atoms with E-state index in [2.05, 4.69) is 11.0 Å². The van der Waals surface area contributed by atoms with Crippen LogP contribution in [-0.2, 0) is 32.4 Å². The van der Waals surface area contributed by atoms with Crippen LogP contribution in [0.1, 0.15) is 22.3 Å². The Hall–Kier alpha value is -4.26. The summed E-state index contributed by atoms with van der Waals surface area (Å²) in [4.78, 5) is 33.7. The summed E-state index contributed by atoms with van der Waals surface area (Å²) in [6, 6.07) is 19.9. The van der Waals surface area contributed by atoms with E-state index in [0.717, 1.165) is 33.0 Å². The Morgan fingerprint density at radius 3 is 2.15 bits per heavy atom. The second-order valence-corrected chi connectivity index (χ2v) is 7.48. The Kier molecular flexibility index (Phi) is 7.79. The van der Waals surface area contributed by atoms with Gasteiger partial charge in [0.05, 0.1) is 30.3 Å². The second-order valence-electron chi connectivity index (χ2n) is 7.48. The van der Waals surface area contributed by atoms with Crippen molar-refractivity contribution in [1.82, 2.24) is 11.0 Å². The van der Waals surface area contributed by atoms with Crippen LogP contribution in [0, 0.1) is 12.8 Å². The molecule has 3 aromatic carbocycles. The van der Waals surface area contributed by atoms with Crippen LogP contribution >= 0.6 is 0 Å². The van der Waals surface area contributed by atoms with Crippen LogP contribution in [0.15, 0.2) is 97.1 Å². The molecule has 4 rings (SSSR count). The summed E-state index contributed by atoms with van der Waals surface area (Å²) in [5.41, 5.74) is 9.61. The van der Waals surface area contributed by atoms with Crippen molar-refractivity contribution in [2.45, 2.75) is 13.1 Å². The highest BCUT2D eigenvalue weighted by Crippen LogP contribution is 2.23. The van der Waals surface area contributed by atoms with Gasteiger partial charge in [0.25, 0.3) is 0 Å². The van der Waals surface area contributed by atoms with Crippen LogP contribution < -0.4 is 11.0 Å². The molecule has 0 heterocycles. The normalized spacial score (nSPS) is 12.4. The highest BCUT2D eigenvalue weighted by molar-refractivity contribution is 5.86. The van der Waals surface area contributed by atoms with Crippen molar-refractivity contribution in [3.63, 3.8) is 0 Å². The van der Waals surface area contributed by atoms with Crippen molar-refractivity contribution >= 4 is 22.7 Å². The summed E-state index contributed by atoms with van der Waals surface area (Å²) >= 11 is 0. The SMILES string of the molecule is O=C(/C=C\C=C/C(=O)ONCc1cccc2ccccc12)ONCc1cccc2c1[CH+]C=C[CH+]2. The molecule has 0 saturated carbocycles. The monoisotopic (exact) mass is 452 g/mol. The van der Waals surface area contributed by atoms with Gasteiger partial charge in [-0.1, -0.05) is 54.6 Å². The molecule has 1 aliphatic rings. The first kappa shape index (κ1) is 22.9. The molecule has 0 unspecified atom stereocenters. The lowest BCUT2D eigenvalue weighted by Gasteiger charge is -2.07. The summed E-state index contributed by atoms with van der Waals surface area (Å²) in [6.07, 6.45) is 13.2. The first-order valence-corrected chi connectivity index (χ1v) is 10.9. The quantitative estimate of drug-likeness (QED) is 0.217. The molecule has 0 amide bonds. The lowest BCUT2D eigenvalue weighted by molar-refractivity contribution is -0.146. The maximum Gasteiger partial charge on any atom is 0.349 e. The van der Waals surface area contributed by atoms with Gasteiger partial charge in [-0.3, -0.25) is 0 Å². The summed E-state index contributed by atoms with van der Waals surface area (Å²) in [5, 5.41) is 2.22. The Labute approximate surface area is 198 Å². The molecule has 6 nitrogen and oxygen atoms in total. The Morgan fingerprint density at radius 1 is 0.735 bits per heavy atom. The van der Waals surface area contributed by atoms with E-state index in [1.54, 1.807) is 0 Å². The molecule has 6 heteroatoms. The fourth-order valence-electron chi connectivity index (χ4n) is 3.60. The minimum absolute atomic E-state index is 0.380. The van der Waals surface area contributed by atoms with Crippen molar-refractivity contribution < 1.29 is 19.3 Å². The smallest absolute Gasteiger partial charge is 0.349 e. The molecule has 0 spiro atoms. The Balaban J connectivity index is 1.16. The third-order valence-electron chi connectivity index (χ3n) is 5.21. The Morgan fingerprint density at radius 2 is 1.35 bits per heavy atom. The van der Waals surface area contributed by atoms with E-state index in [0.29, 0.717) is 13.1 Å². The molecule has 0 saturated heterocycles. The first-order chi connectivity index (χ1) is 16.7. The van der Waals surface area contributed by atoms with Gasteiger partial charge >= 0.3 is 11.9 Å². The van der Waals surface area contributed by atoms with Crippen molar-refractivity contribution in [3.05, 3.63) is 132 Å². The fourth-order valence-corrected chi connectivity index (χ4v) is 3.60. The van der Waals surface area contributed by atoms with Crippen LogP contribution in [0.5, 0.6) is 0 Å². The van der Waals surface area contributed by atoms with Crippen molar-refractivity contribution in [1.29, 1.82) is 0 Å². The third-order valence-corrected chi connectivity index (χ3v) is 5.21. The van der Waals surface area contributed by atoms with Gasteiger partial charge in [0.2, 0.25) is 0 Å². The number of nitrogens with one attached hydrogen (secondary N) is 2. The molecule has 2 N–H and O–H groups in total. The lowest BCUT2D eigenvalue weighted by atomic mass is 9.92. The second kappa shape index (κ2) is 11.6. The summed E-state index contributed by atoms with van der Waals surface area (Å²) in [5.74, 6) is -1.15. The molecule has 0 aliphatic heterocycles. The summed E-state index contributed by atoms with van der Waals surface area (Å²) in [7, 11) is 0. The van der Waals surface area contributed by atoms with Gasteiger partial charge in [0.1, 0.15) is 19.4 Å². The highest BCUT2D eigenvalue weighted by Gasteiger charge is 2.24. The average Bonchev–Trinajstić information content (AvgIpc) is 2.87. The zero-order chi connectivity index (χ0) is 23.6. The van der Waals surface area contributed by atoms with E-state index < -0.39 is 11.9 Å². The van der Waals surface area contributed by atoms with Crippen LogP contribution in [0.25, 0.3) is 10.8 Å². The standard InChI is InChI=1S/C28H24N2O4/c31-27(33-29-19-23-13-7-11-21-9-1-3-15-25(21)23)17-5-6-18-28(32)34-30-20-24-14-8-12-22-10-2-4-16-26(22)24/h1-18,29-30H,19-20H2/q+2/b17-5-,18-6-. The van der Waals surface area contributed by atoms with Gasteiger partial charge < -0.3 is 9.68 Å². The molecule has 0 aromatic heterocycles. The number of fused-ring (bicyclic) bond motifs is 2. The van der Waals surface area contributed by atoms with Crippen LogP contribution in [-0.4, -0.2) is 11.9 Å². The van der Waals surface area contributed by atoms with Crippen LogP contribution in [0.3, 0.4) is 0 Å². The zero-order valence-electron chi connectivity index (χ0n) is 18.4. The van der Waals surface area contributed by atoms with Gasteiger partial charge in [-0.05, 0) is 16.3 Å². The van der Waals surface area contributed by atoms with E-state index >= 15 is 0 Å². The Bertz CT molecular complexity index is 1260. The molecule has 0 atom stereocenters. The number of allylic oxidation sites excluding steroid dienone is 4. The fraction of sp³-hybridized carbons (Fsp3) is 0.0714. The summed E-state index contributed by atoms with van der Waals surface area (Å²) in [6.45, 7) is 0.761. The number of hydroxylamine groups is 2. The number of hydrogen-bond donors (Lipinski definition) is 2. The number of hydrogen-bond acceptors (Lipinski definition) is 6. The molecular formula is C28H24N2O4+2. The highest BCUT2D eigenvalue weighted by atomic mass is 16.7.